The molecule has 1 amide bonds. The third-order valence-corrected chi connectivity index (χ3v) is 5.92. The Kier molecular flexibility index (Phi) is 6.24. The molecular formula is C20H21F3N4O3S. The van der Waals surface area contributed by atoms with Crippen LogP contribution in [-0.2, 0) is 11.0 Å². The summed E-state index contributed by atoms with van der Waals surface area (Å²) in [5, 5.41) is -0.0198. The molecule has 1 fully saturated rings. The third-order valence-electron chi connectivity index (χ3n) is 5.07. The zero-order valence-corrected chi connectivity index (χ0v) is 17.6. The number of likely N-dealkylation sites (N-methyl/N-ethyl adjacent to an activating group) is 1. The fourth-order valence-electron chi connectivity index (χ4n) is 3.28. The van der Waals surface area contributed by atoms with Crippen LogP contribution in [0.5, 0.6) is 11.5 Å². The van der Waals surface area contributed by atoms with Gasteiger partial charge in [-0.1, -0.05) is 11.8 Å². The molecule has 0 unspecified atom stereocenters. The highest BCUT2D eigenvalue weighted by Crippen LogP contribution is 2.37. The number of amides is 1. The number of alkyl halides is 3. The Morgan fingerprint density at radius 1 is 1.10 bits per heavy atom. The van der Waals surface area contributed by atoms with Crippen molar-refractivity contribution in [3.8, 4) is 22.8 Å². The van der Waals surface area contributed by atoms with Gasteiger partial charge in [0.2, 0.25) is 12.7 Å². The SMILES string of the molecule is CN1CCN(C(=O)CCSc2nc(-c3ccc4c(c3)OCO4)cc(C(F)(F)F)n2)CC1. The monoisotopic (exact) mass is 454 g/mol. The van der Waals surface area contributed by atoms with Crippen molar-refractivity contribution in [2.75, 3.05) is 45.8 Å². The summed E-state index contributed by atoms with van der Waals surface area (Å²) < 4.78 is 50.7. The van der Waals surface area contributed by atoms with E-state index in [9.17, 15) is 18.0 Å². The number of rotatable bonds is 5. The van der Waals surface area contributed by atoms with Gasteiger partial charge in [-0.25, -0.2) is 9.97 Å². The van der Waals surface area contributed by atoms with Crippen LogP contribution in [0, 0.1) is 0 Å². The second kappa shape index (κ2) is 8.91. The Bertz CT molecular complexity index is 965. The summed E-state index contributed by atoms with van der Waals surface area (Å²) in [6, 6.07) is 5.77. The number of benzene rings is 1. The highest BCUT2D eigenvalue weighted by atomic mass is 32.2. The fraction of sp³-hybridized carbons (Fsp3) is 0.450. The molecule has 166 valence electrons. The predicted molar refractivity (Wildman–Crippen MR) is 108 cm³/mol. The molecule has 0 bridgehead atoms. The Morgan fingerprint density at radius 3 is 2.58 bits per heavy atom. The van der Waals surface area contributed by atoms with E-state index in [0.29, 0.717) is 35.9 Å². The summed E-state index contributed by atoms with van der Waals surface area (Å²) in [6.45, 7) is 3.02. The van der Waals surface area contributed by atoms with Gasteiger partial charge >= 0.3 is 6.18 Å². The highest BCUT2D eigenvalue weighted by Gasteiger charge is 2.34. The van der Waals surface area contributed by atoms with Crippen LogP contribution in [0.2, 0.25) is 0 Å². The molecule has 7 nitrogen and oxygen atoms in total. The summed E-state index contributed by atoms with van der Waals surface area (Å²) in [6.07, 6.45) is -4.40. The number of carbonyl (C=O) groups is 1. The third kappa shape index (κ3) is 5.21. The van der Waals surface area contributed by atoms with Crippen LogP contribution < -0.4 is 9.47 Å². The number of nitrogens with zero attached hydrogens (tertiary/aromatic N) is 4. The number of aromatic nitrogens is 2. The summed E-state index contributed by atoms with van der Waals surface area (Å²) in [4.78, 5) is 24.2. The first kappa shape index (κ1) is 21.7. The zero-order valence-electron chi connectivity index (χ0n) is 16.8. The van der Waals surface area contributed by atoms with Gasteiger partial charge in [-0.05, 0) is 31.3 Å². The van der Waals surface area contributed by atoms with Crippen LogP contribution in [0.15, 0.2) is 29.4 Å². The minimum atomic E-state index is -4.61. The normalized spacial score (nSPS) is 16.6. The molecule has 1 aromatic heterocycles. The van der Waals surface area contributed by atoms with Crippen LogP contribution >= 0.6 is 11.8 Å². The molecule has 0 atom stereocenters. The van der Waals surface area contributed by atoms with Crippen LogP contribution in [0.25, 0.3) is 11.3 Å². The lowest BCUT2D eigenvalue weighted by Crippen LogP contribution is -2.47. The maximum Gasteiger partial charge on any atom is 0.433 e. The standard InChI is InChI=1S/C20H21F3N4O3S/c1-26-5-7-27(8-6-26)18(28)4-9-31-19-24-14(11-17(25-19)20(21,22)23)13-2-3-15-16(10-13)30-12-29-15/h2-3,10-11H,4-9,12H2,1H3. The van der Waals surface area contributed by atoms with Gasteiger partial charge in [-0.15, -0.1) is 0 Å². The molecule has 31 heavy (non-hydrogen) atoms. The largest absolute Gasteiger partial charge is 0.454 e. The quantitative estimate of drug-likeness (QED) is 0.508. The summed E-state index contributed by atoms with van der Waals surface area (Å²) >= 11 is 1.04. The average Bonchev–Trinajstić information content (AvgIpc) is 3.21. The number of piperazine rings is 1. The van der Waals surface area contributed by atoms with Gasteiger partial charge in [0.1, 0.15) is 5.69 Å². The Balaban J connectivity index is 1.48. The van der Waals surface area contributed by atoms with Crippen LogP contribution in [-0.4, -0.2) is 71.4 Å². The highest BCUT2D eigenvalue weighted by molar-refractivity contribution is 7.99. The van der Waals surface area contributed by atoms with Gasteiger partial charge < -0.3 is 19.3 Å². The van der Waals surface area contributed by atoms with Gasteiger partial charge in [0.25, 0.3) is 0 Å². The van der Waals surface area contributed by atoms with E-state index in [2.05, 4.69) is 14.9 Å². The topological polar surface area (TPSA) is 67.8 Å². The lowest BCUT2D eigenvalue weighted by molar-refractivity contribution is -0.141. The molecule has 2 aromatic rings. The molecule has 0 saturated carbocycles. The van der Waals surface area contributed by atoms with E-state index in [1.165, 1.54) is 0 Å². The lowest BCUT2D eigenvalue weighted by atomic mass is 10.1. The molecule has 2 aliphatic heterocycles. The van der Waals surface area contributed by atoms with Crippen LogP contribution in [0.4, 0.5) is 13.2 Å². The minimum Gasteiger partial charge on any atom is -0.454 e. The number of hydrogen-bond donors (Lipinski definition) is 0. The zero-order chi connectivity index (χ0) is 22.0. The van der Waals surface area contributed by atoms with Crippen molar-refractivity contribution in [1.29, 1.82) is 0 Å². The number of ether oxygens (including phenoxy) is 2. The molecule has 4 rings (SSSR count). The Hall–Kier alpha value is -2.53. The van der Waals surface area contributed by atoms with Crippen molar-refractivity contribution in [3.63, 3.8) is 0 Å². The van der Waals surface area contributed by atoms with Crippen molar-refractivity contribution in [2.24, 2.45) is 0 Å². The number of hydrogen-bond acceptors (Lipinski definition) is 7. The maximum atomic E-state index is 13.4. The molecule has 1 aromatic carbocycles. The second-order valence-corrected chi connectivity index (χ2v) is 8.33. The van der Waals surface area contributed by atoms with Crippen molar-refractivity contribution in [2.45, 2.75) is 17.8 Å². The molecule has 0 spiro atoms. The molecule has 0 aliphatic carbocycles. The van der Waals surface area contributed by atoms with Gasteiger partial charge in [-0.2, -0.15) is 13.2 Å². The van der Waals surface area contributed by atoms with E-state index in [0.717, 1.165) is 30.9 Å². The summed E-state index contributed by atoms with van der Waals surface area (Å²) in [7, 11) is 2.00. The van der Waals surface area contributed by atoms with Crippen molar-refractivity contribution >= 4 is 17.7 Å². The van der Waals surface area contributed by atoms with E-state index < -0.39 is 11.9 Å². The number of thioether (sulfide) groups is 1. The molecule has 0 N–H and O–H groups in total. The molecule has 3 heterocycles. The van der Waals surface area contributed by atoms with E-state index >= 15 is 0 Å². The number of fused-ring (bicyclic) bond motifs is 1. The average molecular weight is 454 g/mol. The van der Waals surface area contributed by atoms with E-state index in [1.54, 1.807) is 23.1 Å². The van der Waals surface area contributed by atoms with Gasteiger partial charge in [0.05, 0.1) is 5.69 Å². The van der Waals surface area contributed by atoms with E-state index in [4.69, 9.17) is 9.47 Å². The first-order valence-electron chi connectivity index (χ1n) is 9.75. The fourth-order valence-corrected chi connectivity index (χ4v) is 4.07. The van der Waals surface area contributed by atoms with E-state index in [1.807, 2.05) is 7.05 Å². The maximum absolute atomic E-state index is 13.4. The minimum absolute atomic E-state index is 0.0106. The van der Waals surface area contributed by atoms with Crippen molar-refractivity contribution in [1.82, 2.24) is 19.8 Å². The Morgan fingerprint density at radius 2 is 1.84 bits per heavy atom. The number of carbonyl (C=O) groups excluding carboxylic acids is 1. The molecule has 11 heteroatoms. The smallest absolute Gasteiger partial charge is 0.433 e. The molecule has 0 radical (unpaired) electrons. The number of halogens is 3. The van der Waals surface area contributed by atoms with Crippen molar-refractivity contribution < 1.29 is 27.4 Å². The summed E-state index contributed by atoms with van der Waals surface area (Å²) in [5.74, 6) is 1.28. The van der Waals surface area contributed by atoms with Gasteiger partial charge in [0, 0.05) is 43.9 Å². The summed E-state index contributed by atoms with van der Waals surface area (Å²) in [5.41, 5.74) is -0.427. The molecule has 1 saturated heterocycles. The first-order chi connectivity index (χ1) is 14.8. The van der Waals surface area contributed by atoms with E-state index in [-0.39, 0.29) is 30.0 Å². The molecular weight excluding hydrogens is 433 g/mol. The lowest BCUT2D eigenvalue weighted by Gasteiger charge is -2.32. The second-order valence-electron chi connectivity index (χ2n) is 7.27. The van der Waals surface area contributed by atoms with Crippen LogP contribution in [0.1, 0.15) is 12.1 Å². The first-order valence-corrected chi connectivity index (χ1v) is 10.7. The van der Waals surface area contributed by atoms with Gasteiger partial charge in [0.15, 0.2) is 16.7 Å². The Labute approximate surface area is 181 Å². The molecule has 2 aliphatic rings. The van der Waals surface area contributed by atoms with Crippen molar-refractivity contribution in [3.05, 3.63) is 30.0 Å². The van der Waals surface area contributed by atoms with Crippen LogP contribution in [0.3, 0.4) is 0 Å². The predicted octanol–water partition coefficient (Wildman–Crippen LogP) is 3.15. The van der Waals surface area contributed by atoms with Gasteiger partial charge in [-0.3, -0.25) is 4.79 Å².